The molecular formula is C28H45N3O8. The molecule has 220 valence electrons. The molecule has 6 unspecified atom stereocenters. The predicted molar refractivity (Wildman–Crippen MR) is 140 cm³/mol. The van der Waals surface area contributed by atoms with Gasteiger partial charge in [0.05, 0.1) is 31.9 Å². The number of methoxy groups -OCH3 is 2. The number of aliphatic hydroxyl groups is 1. The predicted octanol–water partition coefficient (Wildman–Crippen LogP) is 3.55. The van der Waals surface area contributed by atoms with Gasteiger partial charge in [-0.2, -0.15) is 15.8 Å². The lowest BCUT2D eigenvalue weighted by Crippen LogP contribution is -2.47. The van der Waals surface area contributed by atoms with Gasteiger partial charge in [0.1, 0.15) is 30.3 Å². The first-order valence-corrected chi connectivity index (χ1v) is 13.9. The quantitative estimate of drug-likeness (QED) is 0.112. The van der Waals surface area contributed by atoms with Gasteiger partial charge in [0, 0.05) is 46.2 Å². The average Bonchev–Trinajstić information content (AvgIpc) is 3.28. The van der Waals surface area contributed by atoms with E-state index in [1.807, 2.05) is 0 Å². The number of nitrogens with zero attached hydrogens (tertiary/aromatic N) is 3. The first-order valence-electron chi connectivity index (χ1n) is 13.9. The highest BCUT2D eigenvalue weighted by Gasteiger charge is 2.53. The number of carbonyl (C=O) groups is 1. The van der Waals surface area contributed by atoms with E-state index in [9.17, 15) is 9.90 Å². The number of hydrogen-bond acceptors (Lipinski definition) is 11. The third-order valence-corrected chi connectivity index (χ3v) is 6.57. The molecule has 1 aliphatic heterocycles. The van der Waals surface area contributed by atoms with E-state index in [1.165, 1.54) is 14.2 Å². The van der Waals surface area contributed by atoms with Crippen LogP contribution >= 0.6 is 0 Å². The number of unbranched alkanes of at least 4 members (excludes halogenated alkanes) is 9. The summed E-state index contributed by atoms with van der Waals surface area (Å²) >= 11 is 0. The van der Waals surface area contributed by atoms with E-state index in [1.54, 1.807) is 0 Å². The highest BCUT2D eigenvalue weighted by molar-refractivity contribution is 5.73. The summed E-state index contributed by atoms with van der Waals surface area (Å²) in [5, 5.41) is 36.8. The van der Waals surface area contributed by atoms with Gasteiger partial charge in [-0.3, -0.25) is 4.79 Å². The summed E-state index contributed by atoms with van der Waals surface area (Å²) in [6.45, 7) is 1.46. The third kappa shape index (κ3) is 13.6. The molecule has 0 aromatic rings. The van der Waals surface area contributed by atoms with Crippen LogP contribution in [0, 0.1) is 39.9 Å². The Morgan fingerprint density at radius 2 is 1.31 bits per heavy atom. The molecule has 0 aromatic carbocycles. The van der Waals surface area contributed by atoms with Crippen LogP contribution in [-0.4, -0.2) is 82.4 Å². The van der Waals surface area contributed by atoms with E-state index in [4.69, 9.17) is 44.2 Å². The molecule has 0 bridgehead atoms. The number of carbonyl (C=O) groups excluding carboxylic acids is 1. The molecule has 1 heterocycles. The second-order valence-electron chi connectivity index (χ2n) is 9.47. The maximum atomic E-state index is 12.7. The molecule has 0 amide bonds. The van der Waals surface area contributed by atoms with Gasteiger partial charge in [0.25, 0.3) is 0 Å². The maximum absolute atomic E-state index is 12.7. The Morgan fingerprint density at radius 3 is 1.79 bits per heavy atom. The Morgan fingerprint density at radius 1 is 0.795 bits per heavy atom. The molecule has 0 radical (unpaired) electrons. The molecule has 11 heteroatoms. The zero-order valence-corrected chi connectivity index (χ0v) is 23.4. The van der Waals surface area contributed by atoms with Gasteiger partial charge in [0.2, 0.25) is 0 Å². The second-order valence-corrected chi connectivity index (χ2v) is 9.47. The SMILES string of the molecule is COC(=O)C(C(O)OC)C1OC(COCCCCCC#N)C(OCCCCCC#N)C1OCCCCCC#N. The molecule has 1 fully saturated rings. The fourth-order valence-electron chi connectivity index (χ4n) is 4.45. The number of hydrogen-bond donors (Lipinski definition) is 1. The molecule has 0 aliphatic carbocycles. The van der Waals surface area contributed by atoms with Gasteiger partial charge in [-0.1, -0.05) is 19.3 Å². The Hall–Kier alpha value is -2.30. The fraction of sp³-hybridized carbons (Fsp3) is 0.857. The molecule has 1 saturated heterocycles. The highest BCUT2D eigenvalue weighted by Crippen LogP contribution is 2.34. The molecule has 0 saturated carbocycles. The summed E-state index contributed by atoms with van der Waals surface area (Å²) in [5.74, 6) is -1.85. The standard InChI is InChI=1S/C28H45N3O8/c1-34-27(32)23(28(33)35-2)25-26(38-20-14-8-5-11-17-31)24(37-19-13-7-4-10-16-30)22(39-25)21-36-18-12-6-3-9-15-29/h22-27,32H,3-14,18-21H2,1-2H3. The smallest absolute Gasteiger partial charge is 0.316 e. The number of ether oxygens (including phenoxy) is 6. The van der Waals surface area contributed by atoms with Crippen molar-refractivity contribution < 1.29 is 38.3 Å². The van der Waals surface area contributed by atoms with Crippen molar-refractivity contribution in [1.29, 1.82) is 15.8 Å². The van der Waals surface area contributed by atoms with Crippen molar-refractivity contribution in [3.63, 3.8) is 0 Å². The molecule has 1 aliphatic rings. The zero-order valence-electron chi connectivity index (χ0n) is 23.4. The maximum Gasteiger partial charge on any atom is 0.316 e. The van der Waals surface area contributed by atoms with Gasteiger partial charge in [-0.05, 0) is 38.5 Å². The molecule has 11 nitrogen and oxygen atoms in total. The molecule has 6 atom stereocenters. The molecular weight excluding hydrogens is 506 g/mol. The normalized spacial score (nSPS) is 21.9. The topological polar surface area (TPSA) is 164 Å². The van der Waals surface area contributed by atoms with Crippen LogP contribution in [0.25, 0.3) is 0 Å². The van der Waals surface area contributed by atoms with E-state index < -0.39 is 42.6 Å². The van der Waals surface area contributed by atoms with Gasteiger partial charge in [-0.15, -0.1) is 0 Å². The van der Waals surface area contributed by atoms with Gasteiger partial charge in [-0.25, -0.2) is 0 Å². The monoisotopic (exact) mass is 551 g/mol. The first-order chi connectivity index (χ1) is 19.0. The largest absolute Gasteiger partial charge is 0.469 e. The van der Waals surface area contributed by atoms with Crippen LogP contribution in [0.1, 0.15) is 77.0 Å². The molecule has 0 spiro atoms. The van der Waals surface area contributed by atoms with Crippen LogP contribution in [0.3, 0.4) is 0 Å². The van der Waals surface area contributed by atoms with E-state index in [0.717, 1.165) is 51.4 Å². The number of aliphatic hydroxyl groups excluding tert-OH is 1. The van der Waals surface area contributed by atoms with Crippen LogP contribution in [0.5, 0.6) is 0 Å². The minimum atomic E-state index is -1.48. The average molecular weight is 552 g/mol. The van der Waals surface area contributed by atoms with Crippen molar-refractivity contribution in [2.45, 2.75) is 108 Å². The summed E-state index contributed by atoms with van der Waals surface area (Å²) in [4.78, 5) is 12.7. The van der Waals surface area contributed by atoms with Crippen molar-refractivity contribution in [2.75, 3.05) is 40.6 Å². The third-order valence-electron chi connectivity index (χ3n) is 6.57. The Bertz CT molecular complexity index is 778. The Balaban J connectivity index is 3.00. The van der Waals surface area contributed by atoms with Crippen molar-refractivity contribution in [3.05, 3.63) is 0 Å². The zero-order chi connectivity index (χ0) is 28.7. The van der Waals surface area contributed by atoms with Gasteiger partial charge < -0.3 is 33.5 Å². The van der Waals surface area contributed by atoms with Gasteiger partial charge in [0.15, 0.2) is 6.29 Å². The number of nitriles is 3. The van der Waals surface area contributed by atoms with Gasteiger partial charge >= 0.3 is 5.97 Å². The molecule has 0 aromatic heterocycles. The van der Waals surface area contributed by atoms with Crippen LogP contribution < -0.4 is 0 Å². The Labute approximate surface area is 232 Å². The van der Waals surface area contributed by atoms with Crippen LogP contribution in [0.2, 0.25) is 0 Å². The lowest BCUT2D eigenvalue weighted by molar-refractivity contribution is -0.192. The highest BCUT2D eigenvalue weighted by atomic mass is 16.6. The van der Waals surface area contributed by atoms with E-state index in [-0.39, 0.29) is 6.61 Å². The van der Waals surface area contributed by atoms with Crippen LogP contribution in [0.4, 0.5) is 0 Å². The Kier molecular flexibility index (Phi) is 20.0. The lowest BCUT2D eigenvalue weighted by atomic mass is 9.95. The summed E-state index contributed by atoms with van der Waals surface area (Å²) in [7, 11) is 2.53. The summed E-state index contributed by atoms with van der Waals surface area (Å²) in [6, 6.07) is 6.41. The summed E-state index contributed by atoms with van der Waals surface area (Å²) < 4.78 is 34.7. The van der Waals surface area contributed by atoms with Crippen molar-refractivity contribution >= 4 is 5.97 Å². The molecule has 1 N–H and O–H groups in total. The first kappa shape index (κ1) is 34.7. The second kappa shape index (κ2) is 22.5. The molecule has 39 heavy (non-hydrogen) atoms. The lowest BCUT2D eigenvalue weighted by Gasteiger charge is -2.30. The fourth-order valence-corrected chi connectivity index (χ4v) is 4.45. The van der Waals surface area contributed by atoms with Crippen LogP contribution in [0.15, 0.2) is 0 Å². The van der Waals surface area contributed by atoms with Crippen molar-refractivity contribution in [2.24, 2.45) is 5.92 Å². The van der Waals surface area contributed by atoms with E-state index in [0.29, 0.717) is 45.5 Å². The summed E-state index contributed by atoms with van der Waals surface area (Å²) in [6.07, 6.45) is 4.46. The molecule has 1 rings (SSSR count). The minimum absolute atomic E-state index is 0.201. The van der Waals surface area contributed by atoms with Crippen molar-refractivity contribution in [1.82, 2.24) is 0 Å². The summed E-state index contributed by atoms with van der Waals surface area (Å²) in [5.41, 5.74) is 0. The van der Waals surface area contributed by atoms with Crippen molar-refractivity contribution in [3.8, 4) is 18.2 Å². The number of rotatable bonds is 23. The number of esters is 1. The minimum Gasteiger partial charge on any atom is -0.469 e. The van der Waals surface area contributed by atoms with E-state index in [2.05, 4.69) is 18.2 Å². The van der Waals surface area contributed by atoms with Crippen LogP contribution in [-0.2, 0) is 33.2 Å². The van der Waals surface area contributed by atoms with E-state index >= 15 is 0 Å².